The smallest absolute Gasteiger partial charge is 0.457 e. The maximum atomic E-state index is 12.6. The van der Waals surface area contributed by atoms with Gasteiger partial charge in [0, 0.05) is 13.0 Å². The topological polar surface area (TPSA) is 132 Å². The summed E-state index contributed by atoms with van der Waals surface area (Å²) in [6.07, 6.45) is 55.8. The lowest BCUT2D eigenvalue weighted by atomic mass is 10.1. The molecule has 0 aromatic rings. The molecule has 0 aliphatic heterocycles. The summed E-state index contributed by atoms with van der Waals surface area (Å²) in [5.41, 5.74) is 0. The predicted molar refractivity (Wildman–Crippen MR) is 251 cm³/mol. The third-order valence-corrected chi connectivity index (χ3v) is 10.8. The average Bonchev–Trinajstić information content (AvgIpc) is 3.24. The van der Waals surface area contributed by atoms with Crippen molar-refractivity contribution in [3.63, 3.8) is 0 Å². The van der Waals surface area contributed by atoms with Crippen molar-refractivity contribution in [2.45, 2.75) is 206 Å². The fourth-order valence-electron chi connectivity index (χ4n) is 6.26. The number of unbranched alkanes of at least 4 members (excludes halogenated alkanes) is 19. The molecular weight excluding hydrogens is 776 g/mol. The number of aliphatic hydroxyl groups excluding tert-OH is 2. The molecule has 0 saturated carbocycles. The Balaban J connectivity index is 4.12. The first-order valence-electron chi connectivity index (χ1n) is 23.9. The third kappa shape index (κ3) is 45.4. The van der Waals surface area contributed by atoms with E-state index in [1.54, 1.807) is 0 Å². The summed E-state index contributed by atoms with van der Waals surface area (Å²) in [6, 6.07) is 0. The van der Waals surface area contributed by atoms with E-state index in [4.69, 9.17) is 23.6 Å². The van der Waals surface area contributed by atoms with Crippen LogP contribution in [0.1, 0.15) is 194 Å². The first kappa shape index (κ1) is 57.9. The van der Waals surface area contributed by atoms with Gasteiger partial charge in [-0.2, -0.15) is 0 Å². The number of phosphoric acid groups is 1. The van der Waals surface area contributed by atoms with E-state index in [-0.39, 0.29) is 19.6 Å². The number of carbonyl (C=O) groups is 1. The lowest BCUT2D eigenvalue weighted by Gasteiger charge is -2.20. The molecule has 10 heteroatoms. The van der Waals surface area contributed by atoms with E-state index in [9.17, 15) is 19.4 Å². The van der Waals surface area contributed by atoms with Gasteiger partial charge in [0.05, 0.1) is 26.4 Å². The van der Waals surface area contributed by atoms with Crippen LogP contribution in [0.4, 0.5) is 0 Å². The molecule has 60 heavy (non-hydrogen) atoms. The molecule has 0 aliphatic carbocycles. The van der Waals surface area contributed by atoms with Crippen LogP contribution < -0.4 is 0 Å². The van der Waals surface area contributed by atoms with Crippen LogP contribution in [-0.2, 0) is 27.9 Å². The quantitative estimate of drug-likeness (QED) is 0.0237. The monoisotopic (exact) mass is 865 g/mol. The highest BCUT2D eigenvalue weighted by molar-refractivity contribution is 7.47. The van der Waals surface area contributed by atoms with Crippen LogP contribution in [0.2, 0.25) is 0 Å². The Morgan fingerprint density at radius 3 is 1.43 bits per heavy atom. The molecule has 0 saturated heterocycles. The second-order valence-corrected chi connectivity index (χ2v) is 17.2. The van der Waals surface area contributed by atoms with Crippen molar-refractivity contribution in [3.05, 3.63) is 72.9 Å². The van der Waals surface area contributed by atoms with Crippen molar-refractivity contribution in [1.29, 1.82) is 0 Å². The molecule has 0 rings (SSSR count). The van der Waals surface area contributed by atoms with Crippen molar-refractivity contribution in [2.24, 2.45) is 0 Å². The predicted octanol–water partition coefficient (Wildman–Crippen LogP) is 13.7. The first-order chi connectivity index (χ1) is 29.3. The molecule has 0 aromatic heterocycles. The Morgan fingerprint density at radius 2 is 0.950 bits per heavy atom. The fraction of sp³-hybridized carbons (Fsp3) is 0.740. The molecule has 0 radical (unpaired) electrons. The number of hydrogen-bond acceptors (Lipinski definition) is 8. The van der Waals surface area contributed by atoms with Crippen LogP contribution in [0.25, 0.3) is 0 Å². The molecule has 0 aromatic carbocycles. The molecule has 0 heterocycles. The van der Waals surface area contributed by atoms with E-state index < -0.39 is 39.2 Å². The molecule has 3 atom stereocenters. The summed E-state index contributed by atoms with van der Waals surface area (Å²) in [5.74, 6) is -0.403. The van der Waals surface area contributed by atoms with Gasteiger partial charge in [-0.1, -0.05) is 177 Å². The number of rotatable bonds is 45. The van der Waals surface area contributed by atoms with Crippen molar-refractivity contribution >= 4 is 13.8 Å². The third-order valence-electron chi connectivity index (χ3n) is 9.88. The van der Waals surface area contributed by atoms with E-state index in [0.717, 1.165) is 89.9 Å². The minimum absolute atomic E-state index is 0.0348. The van der Waals surface area contributed by atoms with Gasteiger partial charge >= 0.3 is 13.8 Å². The number of carbonyl (C=O) groups excluding carboxylic acids is 1. The maximum Gasteiger partial charge on any atom is 0.472 e. The number of hydrogen-bond donors (Lipinski definition) is 3. The highest BCUT2D eigenvalue weighted by atomic mass is 31.2. The van der Waals surface area contributed by atoms with E-state index in [1.807, 2.05) is 0 Å². The summed E-state index contributed by atoms with van der Waals surface area (Å²) in [5, 5.41) is 18.4. The van der Waals surface area contributed by atoms with Gasteiger partial charge in [0.15, 0.2) is 0 Å². The lowest BCUT2D eigenvalue weighted by Crippen LogP contribution is -2.29. The van der Waals surface area contributed by atoms with E-state index in [0.29, 0.717) is 13.0 Å². The summed E-state index contributed by atoms with van der Waals surface area (Å²) in [7, 11) is -4.53. The molecule has 0 amide bonds. The van der Waals surface area contributed by atoms with Crippen molar-refractivity contribution in [1.82, 2.24) is 0 Å². The zero-order chi connectivity index (χ0) is 43.9. The molecular formula is C50H89O9P. The summed E-state index contributed by atoms with van der Waals surface area (Å²) >= 11 is 0. The summed E-state index contributed by atoms with van der Waals surface area (Å²) in [6.45, 7) is 3.35. The van der Waals surface area contributed by atoms with E-state index >= 15 is 0 Å². The Kier molecular flexibility index (Phi) is 44.8. The SMILES string of the molecule is CC/C=C\C/C=C\C/C=C\CCCCCCCC(=O)OC(COCCCCCCCCCCC/C=C\C/C=C\C/C=C\CCCCCCC)COP(=O)(O)OCC(O)CO. The van der Waals surface area contributed by atoms with E-state index in [2.05, 4.69) is 86.8 Å². The van der Waals surface area contributed by atoms with Gasteiger partial charge in [-0.25, -0.2) is 4.57 Å². The molecule has 9 nitrogen and oxygen atoms in total. The molecule has 0 spiro atoms. The zero-order valence-corrected chi connectivity index (χ0v) is 39.1. The van der Waals surface area contributed by atoms with Gasteiger partial charge in [0.2, 0.25) is 0 Å². The number of allylic oxidation sites excluding steroid dienone is 12. The standard InChI is InChI=1S/C50H89O9P/c1-3-5-7-9-11-13-15-17-19-20-21-22-23-24-25-26-27-29-31-33-35-37-39-41-43-56-46-49(47-58-60(54,55)57-45-48(52)44-51)59-50(53)42-40-38-36-34-32-30-28-18-16-14-12-10-8-6-4-2/h6,8,12,14-15,17-18,20-21,23-24,28,48-49,51-52H,3-5,7,9-11,13,16,19,22,25-27,29-47H2,1-2H3,(H,54,55)/b8-6-,14-12-,17-15-,21-20-,24-23-,28-18-. The van der Waals surface area contributed by atoms with Crippen LogP contribution in [0.5, 0.6) is 0 Å². The molecule has 3 N–H and O–H groups in total. The number of ether oxygens (including phenoxy) is 2. The van der Waals surface area contributed by atoms with Crippen LogP contribution in [-0.4, -0.2) is 66.3 Å². The molecule has 0 aliphatic rings. The number of phosphoric ester groups is 1. The fourth-order valence-corrected chi connectivity index (χ4v) is 7.05. The number of aliphatic hydroxyl groups is 2. The Morgan fingerprint density at radius 1 is 0.533 bits per heavy atom. The number of esters is 1. The Bertz CT molecular complexity index is 1160. The molecule has 0 fully saturated rings. The van der Waals surface area contributed by atoms with Gasteiger partial charge in [-0.05, 0) is 83.5 Å². The summed E-state index contributed by atoms with van der Waals surface area (Å²) < 4.78 is 33.4. The Labute approximate surface area is 367 Å². The minimum Gasteiger partial charge on any atom is -0.457 e. The maximum absolute atomic E-state index is 12.6. The molecule has 0 bridgehead atoms. The Hall–Kier alpha value is -2.10. The largest absolute Gasteiger partial charge is 0.472 e. The minimum atomic E-state index is -4.53. The first-order valence-corrected chi connectivity index (χ1v) is 25.4. The zero-order valence-electron chi connectivity index (χ0n) is 38.2. The highest BCUT2D eigenvalue weighted by Crippen LogP contribution is 2.43. The van der Waals surface area contributed by atoms with Crippen LogP contribution in [0.15, 0.2) is 72.9 Å². The van der Waals surface area contributed by atoms with Gasteiger partial charge in [0.25, 0.3) is 0 Å². The molecule has 348 valence electrons. The van der Waals surface area contributed by atoms with Crippen molar-refractivity contribution in [2.75, 3.05) is 33.0 Å². The van der Waals surface area contributed by atoms with Crippen LogP contribution >= 0.6 is 7.82 Å². The second-order valence-electron chi connectivity index (χ2n) is 15.7. The van der Waals surface area contributed by atoms with Gasteiger partial charge < -0.3 is 24.6 Å². The van der Waals surface area contributed by atoms with Crippen molar-refractivity contribution < 1.29 is 43.0 Å². The highest BCUT2D eigenvalue weighted by Gasteiger charge is 2.26. The van der Waals surface area contributed by atoms with Crippen LogP contribution in [0, 0.1) is 0 Å². The van der Waals surface area contributed by atoms with Gasteiger partial charge in [-0.3, -0.25) is 13.8 Å². The van der Waals surface area contributed by atoms with Crippen molar-refractivity contribution in [3.8, 4) is 0 Å². The van der Waals surface area contributed by atoms with Gasteiger partial charge in [-0.15, -0.1) is 0 Å². The average molecular weight is 865 g/mol. The normalized spacial score (nSPS) is 14.6. The van der Waals surface area contributed by atoms with Crippen LogP contribution in [0.3, 0.4) is 0 Å². The second kappa shape index (κ2) is 46.4. The summed E-state index contributed by atoms with van der Waals surface area (Å²) in [4.78, 5) is 22.6. The van der Waals surface area contributed by atoms with Gasteiger partial charge in [0.1, 0.15) is 12.2 Å². The lowest BCUT2D eigenvalue weighted by molar-refractivity contribution is -0.154. The van der Waals surface area contributed by atoms with E-state index in [1.165, 1.54) is 77.0 Å². The molecule has 3 unspecified atom stereocenters.